The van der Waals surface area contributed by atoms with Crippen molar-refractivity contribution in [3.05, 3.63) is 53.4 Å². The Morgan fingerprint density at radius 2 is 2.12 bits per heavy atom. The molecule has 0 fully saturated rings. The van der Waals surface area contributed by atoms with Gasteiger partial charge in [0, 0.05) is 17.5 Å². The molecule has 0 atom stereocenters. The largest absolute Gasteiger partial charge is 0.497 e. The summed E-state index contributed by atoms with van der Waals surface area (Å²) in [6.45, 7) is 0.744. The van der Waals surface area contributed by atoms with Crippen LogP contribution >= 0.6 is 11.3 Å². The zero-order valence-electron chi connectivity index (χ0n) is 14.1. The van der Waals surface area contributed by atoms with Gasteiger partial charge in [-0.25, -0.2) is 4.98 Å². The molecule has 0 unspecified atom stereocenters. The number of ether oxygens (including phenoxy) is 2. The molecule has 2 heterocycles. The van der Waals surface area contributed by atoms with Gasteiger partial charge in [-0.3, -0.25) is 4.79 Å². The Hall–Kier alpha value is -3.06. The Kier molecular flexibility index (Phi) is 4.45. The van der Waals surface area contributed by atoms with Gasteiger partial charge in [0.2, 0.25) is 0 Å². The minimum absolute atomic E-state index is 0.0580. The molecule has 1 aliphatic rings. The van der Waals surface area contributed by atoms with E-state index in [9.17, 15) is 4.79 Å². The summed E-state index contributed by atoms with van der Waals surface area (Å²) in [6, 6.07) is 13.6. The first-order valence-corrected chi connectivity index (χ1v) is 8.98. The Morgan fingerprint density at radius 3 is 2.92 bits per heavy atom. The van der Waals surface area contributed by atoms with Gasteiger partial charge in [-0.15, -0.1) is 11.3 Å². The van der Waals surface area contributed by atoms with Gasteiger partial charge in [-0.05, 0) is 35.9 Å². The highest BCUT2D eigenvalue weighted by molar-refractivity contribution is 7.14. The maximum atomic E-state index is 11.5. The number of carbonyl (C=O) groups excluding carboxylic acids is 1. The Labute approximate surface area is 154 Å². The summed E-state index contributed by atoms with van der Waals surface area (Å²) in [5, 5.41) is 8.98. The van der Waals surface area contributed by atoms with E-state index in [0.717, 1.165) is 27.7 Å². The molecule has 0 radical (unpaired) electrons. The molecule has 0 saturated heterocycles. The molecule has 0 aliphatic carbocycles. The zero-order chi connectivity index (χ0) is 17.9. The quantitative estimate of drug-likeness (QED) is 0.718. The second-order valence-corrected chi connectivity index (χ2v) is 6.65. The summed E-state index contributed by atoms with van der Waals surface area (Å²) in [5.41, 5.74) is 3.62. The molecule has 1 amide bonds. The van der Waals surface area contributed by atoms with Crippen molar-refractivity contribution >= 4 is 28.1 Å². The summed E-state index contributed by atoms with van der Waals surface area (Å²) in [6.07, 6.45) is 0. The third kappa shape index (κ3) is 3.48. The molecule has 132 valence electrons. The van der Waals surface area contributed by atoms with Crippen molar-refractivity contribution in [2.75, 3.05) is 24.4 Å². The lowest BCUT2D eigenvalue weighted by Gasteiger charge is -2.18. The number of benzene rings is 2. The van der Waals surface area contributed by atoms with E-state index < -0.39 is 0 Å². The number of rotatable bonds is 5. The number of hydrogen-bond donors (Lipinski definition) is 2. The topological polar surface area (TPSA) is 72.5 Å². The molecule has 6 nitrogen and oxygen atoms in total. The molecule has 26 heavy (non-hydrogen) atoms. The highest BCUT2D eigenvalue weighted by Gasteiger charge is 2.17. The van der Waals surface area contributed by atoms with Crippen molar-refractivity contribution < 1.29 is 14.3 Å². The maximum Gasteiger partial charge on any atom is 0.262 e. The van der Waals surface area contributed by atoms with E-state index in [-0.39, 0.29) is 12.5 Å². The number of anilines is 2. The summed E-state index contributed by atoms with van der Waals surface area (Å²) in [5.74, 6) is 1.38. The summed E-state index contributed by atoms with van der Waals surface area (Å²) in [7, 11) is 1.66. The molecule has 7 heteroatoms. The van der Waals surface area contributed by atoms with Gasteiger partial charge in [0.15, 0.2) is 11.7 Å². The first kappa shape index (κ1) is 16.4. The first-order valence-electron chi connectivity index (χ1n) is 8.11. The van der Waals surface area contributed by atoms with Gasteiger partial charge in [0.25, 0.3) is 5.91 Å². The van der Waals surface area contributed by atoms with Crippen molar-refractivity contribution in [1.29, 1.82) is 0 Å². The molecule has 2 aromatic carbocycles. The molecule has 0 saturated carbocycles. The number of fused-ring (bicyclic) bond motifs is 1. The van der Waals surface area contributed by atoms with E-state index in [4.69, 9.17) is 9.47 Å². The SMILES string of the molecule is COc1ccc(CNc2nc(-c3ccc4c(c3)NC(=O)CO4)cs2)cc1. The predicted molar refractivity (Wildman–Crippen MR) is 102 cm³/mol. The molecular formula is C19H17N3O3S. The van der Waals surface area contributed by atoms with Gasteiger partial charge in [0.05, 0.1) is 18.5 Å². The fraction of sp³-hybridized carbons (Fsp3) is 0.158. The van der Waals surface area contributed by atoms with Crippen molar-refractivity contribution in [3.8, 4) is 22.8 Å². The van der Waals surface area contributed by atoms with Crippen LogP contribution in [-0.2, 0) is 11.3 Å². The molecule has 0 spiro atoms. The van der Waals surface area contributed by atoms with Crippen LogP contribution in [0.15, 0.2) is 47.8 Å². The minimum Gasteiger partial charge on any atom is -0.497 e. The van der Waals surface area contributed by atoms with E-state index in [0.29, 0.717) is 18.0 Å². The Morgan fingerprint density at radius 1 is 1.27 bits per heavy atom. The fourth-order valence-corrected chi connectivity index (χ4v) is 3.37. The molecule has 4 rings (SSSR count). The Balaban J connectivity index is 1.46. The number of methoxy groups -OCH3 is 1. The Bertz CT molecular complexity index is 937. The first-order chi connectivity index (χ1) is 12.7. The van der Waals surface area contributed by atoms with Crippen LogP contribution < -0.4 is 20.1 Å². The van der Waals surface area contributed by atoms with Crippen molar-refractivity contribution in [3.63, 3.8) is 0 Å². The molecule has 2 N–H and O–H groups in total. The van der Waals surface area contributed by atoms with Crippen LogP contribution in [0.3, 0.4) is 0 Å². The van der Waals surface area contributed by atoms with Crippen LogP contribution in [0.4, 0.5) is 10.8 Å². The van der Waals surface area contributed by atoms with Crippen LogP contribution in [0.2, 0.25) is 0 Å². The van der Waals surface area contributed by atoms with Gasteiger partial charge in [0.1, 0.15) is 11.5 Å². The van der Waals surface area contributed by atoms with E-state index in [1.807, 2.05) is 47.8 Å². The number of thiazole rings is 1. The summed E-state index contributed by atoms with van der Waals surface area (Å²) in [4.78, 5) is 16.1. The van der Waals surface area contributed by atoms with Crippen molar-refractivity contribution in [2.45, 2.75) is 6.54 Å². The summed E-state index contributed by atoms with van der Waals surface area (Å²) < 4.78 is 10.5. The highest BCUT2D eigenvalue weighted by atomic mass is 32.1. The number of amides is 1. The predicted octanol–water partition coefficient (Wildman–Crippen LogP) is 3.76. The third-order valence-corrected chi connectivity index (χ3v) is 4.82. The second-order valence-electron chi connectivity index (χ2n) is 5.79. The number of hydrogen-bond acceptors (Lipinski definition) is 6. The van der Waals surface area contributed by atoms with E-state index in [1.165, 1.54) is 0 Å². The average molecular weight is 367 g/mol. The van der Waals surface area contributed by atoms with Gasteiger partial charge in [-0.1, -0.05) is 12.1 Å². The van der Waals surface area contributed by atoms with Crippen LogP contribution in [0.25, 0.3) is 11.3 Å². The van der Waals surface area contributed by atoms with E-state index >= 15 is 0 Å². The van der Waals surface area contributed by atoms with Crippen molar-refractivity contribution in [2.24, 2.45) is 0 Å². The normalized spacial score (nSPS) is 12.7. The second kappa shape index (κ2) is 7.05. The zero-order valence-corrected chi connectivity index (χ0v) is 14.9. The standard InChI is InChI=1S/C19H17N3O3S/c1-24-14-5-2-12(3-6-14)9-20-19-22-16(11-26-19)13-4-7-17-15(8-13)21-18(23)10-25-17/h2-8,11H,9-10H2,1H3,(H,20,22)(H,21,23). The lowest BCUT2D eigenvalue weighted by molar-refractivity contribution is -0.118. The summed E-state index contributed by atoms with van der Waals surface area (Å²) >= 11 is 1.54. The molecule has 1 aromatic heterocycles. The van der Waals surface area contributed by atoms with Crippen LogP contribution in [0.5, 0.6) is 11.5 Å². The van der Waals surface area contributed by atoms with Crippen LogP contribution in [0, 0.1) is 0 Å². The van der Waals surface area contributed by atoms with E-state index in [1.54, 1.807) is 18.4 Å². The van der Waals surface area contributed by atoms with Gasteiger partial charge >= 0.3 is 0 Å². The smallest absolute Gasteiger partial charge is 0.262 e. The molecule has 0 bridgehead atoms. The van der Waals surface area contributed by atoms with Crippen LogP contribution in [0.1, 0.15) is 5.56 Å². The number of nitrogens with zero attached hydrogens (tertiary/aromatic N) is 1. The lowest BCUT2D eigenvalue weighted by Crippen LogP contribution is -2.25. The number of carbonyl (C=O) groups is 1. The lowest BCUT2D eigenvalue weighted by atomic mass is 10.1. The maximum absolute atomic E-state index is 11.5. The van der Waals surface area contributed by atoms with Crippen molar-refractivity contribution in [1.82, 2.24) is 4.98 Å². The highest BCUT2D eigenvalue weighted by Crippen LogP contribution is 2.33. The number of nitrogens with one attached hydrogen (secondary N) is 2. The molecular weight excluding hydrogens is 350 g/mol. The van der Waals surface area contributed by atoms with Gasteiger partial charge in [-0.2, -0.15) is 0 Å². The average Bonchev–Trinajstić information content (AvgIpc) is 3.15. The fourth-order valence-electron chi connectivity index (χ4n) is 2.65. The molecule has 1 aliphatic heterocycles. The monoisotopic (exact) mass is 367 g/mol. The van der Waals surface area contributed by atoms with Crippen LogP contribution in [-0.4, -0.2) is 24.6 Å². The number of aromatic nitrogens is 1. The van der Waals surface area contributed by atoms with E-state index in [2.05, 4.69) is 15.6 Å². The third-order valence-electron chi connectivity index (χ3n) is 4.02. The minimum atomic E-state index is -0.144. The van der Waals surface area contributed by atoms with Gasteiger partial charge < -0.3 is 20.1 Å². The molecule has 3 aromatic rings.